The van der Waals surface area contributed by atoms with E-state index >= 15 is 0 Å². The van der Waals surface area contributed by atoms with Gasteiger partial charge in [-0.3, -0.25) is 18.8 Å². The number of anilines is 2. The van der Waals surface area contributed by atoms with Gasteiger partial charge in [-0.05, 0) is 54.8 Å². The van der Waals surface area contributed by atoms with Crippen molar-refractivity contribution >= 4 is 22.5 Å². The Hall–Kier alpha value is -3.89. The zero-order valence-corrected chi connectivity index (χ0v) is 22.8. The van der Waals surface area contributed by atoms with Crippen molar-refractivity contribution in [2.24, 2.45) is 0 Å². The smallest absolute Gasteiger partial charge is 0.332 e. The molecule has 0 radical (unpaired) electrons. The fraction of sp³-hybridized carbons (Fsp3) is 0.414. The van der Waals surface area contributed by atoms with E-state index in [-0.39, 0.29) is 17.9 Å². The first-order valence-corrected chi connectivity index (χ1v) is 13.6. The van der Waals surface area contributed by atoms with E-state index in [2.05, 4.69) is 4.90 Å². The Kier molecular flexibility index (Phi) is 9.21. The predicted molar refractivity (Wildman–Crippen MR) is 156 cm³/mol. The number of hydrogen-bond acceptors (Lipinski definition) is 7. The lowest BCUT2D eigenvalue weighted by molar-refractivity contribution is 0.197. The van der Waals surface area contributed by atoms with Gasteiger partial charge < -0.3 is 21.1 Å². The number of rotatable bonds is 13. The largest absolute Gasteiger partial charge is 0.399 e. The topological polar surface area (TPSA) is 137 Å². The van der Waals surface area contributed by atoms with Crippen molar-refractivity contribution in [2.75, 3.05) is 37.7 Å². The van der Waals surface area contributed by atoms with Crippen LogP contribution >= 0.6 is 0 Å². The van der Waals surface area contributed by atoms with Gasteiger partial charge in [0, 0.05) is 50.5 Å². The van der Waals surface area contributed by atoms with E-state index in [1.165, 1.54) is 4.57 Å². The predicted octanol–water partition coefficient (Wildman–Crippen LogP) is 2.08. The number of nitrogens with two attached hydrogens (primary N) is 2. The summed E-state index contributed by atoms with van der Waals surface area (Å²) in [6.07, 6.45) is 1.71. The van der Waals surface area contributed by atoms with E-state index < -0.39 is 0 Å². The zero-order chi connectivity index (χ0) is 27.9. The van der Waals surface area contributed by atoms with Gasteiger partial charge in [-0.2, -0.15) is 0 Å². The number of nitrogen functional groups attached to an aromatic ring is 2. The van der Waals surface area contributed by atoms with Crippen LogP contribution in [0.15, 0.2) is 58.1 Å². The van der Waals surface area contributed by atoms with E-state index in [1.54, 1.807) is 4.57 Å². The minimum absolute atomic E-state index is 0.0592. The van der Waals surface area contributed by atoms with Gasteiger partial charge in [-0.15, -0.1) is 0 Å². The van der Waals surface area contributed by atoms with E-state index in [0.717, 1.165) is 17.7 Å². The molecule has 39 heavy (non-hydrogen) atoms. The highest BCUT2D eigenvalue weighted by Crippen LogP contribution is 2.18. The van der Waals surface area contributed by atoms with Gasteiger partial charge in [-0.25, -0.2) is 9.78 Å². The number of nitrogens with zero attached hydrogens (tertiary/aromatic N) is 5. The zero-order valence-electron chi connectivity index (χ0n) is 22.8. The molecule has 208 valence electrons. The Morgan fingerprint density at radius 3 is 2.31 bits per heavy atom. The molecule has 4 rings (SSSR count). The molecule has 2 aromatic heterocycles. The molecular formula is C29H39N7O3. The highest BCUT2D eigenvalue weighted by molar-refractivity contribution is 5.71. The number of fused-ring (bicyclic) bond motifs is 1. The van der Waals surface area contributed by atoms with Crippen LogP contribution in [0.4, 0.5) is 11.4 Å². The number of hydrogen-bond donors (Lipinski definition) is 3. The van der Waals surface area contributed by atoms with E-state index in [9.17, 15) is 14.7 Å². The number of imidazole rings is 1. The minimum Gasteiger partial charge on any atom is -0.399 e. The Morgan fingerprint density at radius 2 is 1.64 bits per heavy atom. The van der Waals surface area contributed by atoms with Crippen LogP contribution < -0.4 is 22.7 Å². The molecule has 10 heteroatoms. The minimum atomic E-state index is -0.350. The summed E-state index contributed by atoms with van der Waals surface area (Å²) in [5.74, 6) is 0.707. The van der Waals surface area contributed by atoms with Gasteiger partial charge in [0.1, 0.15) is 5.82 Å². The van der Waals surface area contributed by atoms with Gasteiger partial charge in [-0.1, -0.05) is 38.1 Å². The summed E-state index contributed by atoms with van der Waals surface area (Å²) in [6, 6.07) is 15.2. The maximum Gasteiger partial charge on any atom is 0.332 e. The van der Waals surface area contributed by atoms with Gasteiger partial charge in [0.2, 0.25) is 0 Å². The molecule has 0 saturated heterocycles. The molecule has 0 spiro atoms. The summed E-state index contributed by atoms with van der Waals surface area (Å²) in [6.45, 7) is 7.19. The van der Waals surface area contributed by atoms with Crippen LogP contribution in [-0.2, 0) is 32.5 Å². The molecule has 4 aromatic rings. The molecular weight excluding hydrogens is 494 g/mol. The first-order valence-electron chi connectivity index (χ1n) is 13.6. The average Bonchev–Trinajstić information content (AvgIpc) is 3.28. The summed E-state index contributed by atoms with van der Waals surface area (Å²) in [7, 11) is 0. The van der Waals surface area contributed by atoms with Crippen molar-refractivity contribution < 1.29 is 5.11 Å². The third kappa shape index (κ3) is 6.40. The molecule has 10 nitrogen and oxygen atoms in total. The van der Waals surface area contributed by atoms with Crippen LogP contribution in [0.25, 0.3) is 11.2 Å². The lowest BCUT2D eigenvalue weighted by Gasteiger charge is -2.20. The molecule has 0 atom stereocenters. The molecule has 0 saturated carbocycles. The number of aliphatic hydroxyl groups is 1. The Morgan fingerprint density at radius 1 is 0.872 bits per heavy atom. The van der Waals surface area contributed by atoms with Gasteiger partial charge in [0.15, 0.2) is 11.2 Å². The fourth-order valence-corrected chi connectivity index (χ4v) is 4.95. The average molecular weight is 534 g/mol. The maximum atomic E-state index is 13.8. The quantitative estimate of drug-likeness (QED) is 0.224. The first-order chi connectivity index (χ1) is 18.9. The Balaban J connectivity index is 1.86. The van der Waals surface area contributed by atoms with Gasteiger partial charge >= 0.3 is 5.69 Å². The second-order valence-corrected chi connectivity index (χ2v) is 9.81. The number of benzene rings is 2. The highest BCUT2D eigenvalue weighted by atomic mass is 16.3. The second kappa shape index (κ2) is 12.8. The number of aromatic nitrogens is 4. The monoisotopic (exact) mass is 533 g/mol. The Bertz CT molecular complexity index is 1520. The maximum absolute atomic E-state index is 13.8. The van der Waals surface area contributed by atoms with Crippen molar-refractivity contribution in [2.45, 2.75) is 52.7 Å². The van der Waals surface area contributed by atoms with Crippen molar-refractivity contribution in [1.82, 2.24) is 23.6 Å². The lowest BCUT2D eigenvalue weighted by Crippen LogP contribution is -2.41. The SMILES string of the molecule is CCCn1c(=O)c2c(nc(Cc3ccc(N)cc3)n2CCN(CC)CCO)n(CCc2cccc(N)c2)c1=O. The molecule has 0 bridgehead atoms. The summed E-state index contributed by atoms with van der Waals surface area (Å²) in [4.78, 5) is 34.4. The molecule has 0 fully saturated rings. The molecule has 2 heterocycles. The molecule has 2 aromatic carbocycles. The van der Waals surface area contributed by atoms with Crippen molar-refractivity contribution in [1.29, 1.82) is 0 Å². The normalized spacial score (nSPS) is 11.6. The van der Waals surface area contributed by atoms with Crippen molar-refractivity contribution in [3.63, 3.8) is 0 Å². The number of likely N-dealkylation sites (N-methyl/N-ethyl adjacent to an activating group) is 1. The van der Waals surface area contributed by atoms with Crippen LogP contribution in [0.1, 0.15) is 37.2 Å². The Labute approximate surface area is 228 Å². The summed E-state index contributed by atoms with van der Waals surface area (Å²) in [5.41, 5.74) is 15.4. The van der Waals surface area contributed by atoms with Crippen LogP contribution in [0.2, 0.25) is 0 Å². The van der Waals surface area contributed by atoms with Gasteiger partial charge in [0.25, 0.3) is 5.56 Å². The third-order valence-corrected chi connectivity index (χ3v) is 7.06. The van der Waals surface area contributed by atoms with Crippen LogP contribution in [0.3, 0.4) is 0 Å². The third-order valence-electron chi connectivity index (χ3n) is 7.06. The van der Waals surface area contributed by atoms with Crippen LogP contribution in [0.5, 0.6) is 0 Å². The number of aryl methyl sites for hydroxylation is 2. The molecule has 0 aliphatic rings. The van der Waals surface area contributed by atoms with Crippen molar-refractivity contribution in [3.8, 4) is 0 Å². The highest BCUT2D eigenvalue weighted by Gasteiger charge is 2.22. The number of aliphatic hydroxyl groups excluding tert-OH is 1. The summed E-state index contributed by atoms with van der Waals surface area (Å²) < 4.78 is 4.92. The molecule has 0 amide bonds. The van der Waals surface area contributed by atoms with Gasteiger partial charge in [0.05, 0.1) is 6.61 Å². The molecule has 0 aliphatic heterocycles. The van der Waals surface area contributed by atoms with Crippen LogP contribution in [0, 0.1) is 0 Å². The first kappa shape index (κ1) is 28.1. The molecule has 5 N–H and O–H groups in total. The van der Waals surface area contributed by atoms with Crippen molar-refractivity contribution in [3.05, 3.63) is 86.3 Å². The van der Waals surface area contributed by atoms with Crippen LogP contribution in [-0.4, -0.2) is 54.9 Å². The van der Waals surface area contributed by atoms with E-state index in [1.807, 2.05) is 66.9 Å². The lowest BCUT2D eigenvalue weighted by atomic mass is 10.1. The van der Waals surface area contributed by atoms with E-state index in [4.69, 9.17) is 16.5 Å². The standard InChI is InChI=1S/C29H39N7O3/c1-3-13-36-28(38)26-27(35(29(36)39)14-12-21-6-5-7-24(31)19-21)32-25(20-22-8-10-23(30)11-9-22)34(26)16-15-33(4-2)17-18-37/h5-11,19,37H,3-4,12-18,20,30-31H2,1-2H3. The van der Waals surface area contributed by atoms with E-state index in [0.29, 0.717) is 80.3 Å². The molecule has 0 unspecified atom stereocenters. The summed E-state index contributed by atoms with van der Waals surface area (Å²) in [5, 5.41) is 9.47. The fourth-order valence-electron chi connectivity index (χ4n) is 4.95. The summed E-state index contributed by atoms with van der Waals surface area (Å²) >= 11 is 0. The second-order valence-electron chi connectivity index (χ2n) is 9.81. The molecule has 0 aliphatic carbocycles.